The van der Waals surface area contributed by atoms with Gasteiger partial charge in [-0.1, -0.05) is 22.6 Å². The van der Waals surface area contributed by atoms with Gasteiger partial charge < -0.3 is 4.90 Å². The second-order valence-corrected chi connectivity index (χ2v) is 4.75. The van der Waals surface area contributed by atoms with Crippen molar-refractivity contribution < 1.29 is 0 Å². The minimum Gasteiger partial charge on any atom is -0.302 e. The minimum atomic E-state index is 0.963. The van der Waals surface area contributed by atoms with Crippen molar-refractivity contribution in [3.63, 3.8) is 0 Å². The van der Waals surface area contributed by atoms with Crippen LogP contribution in [0.4, 0.5) is 0 Å². The van der Waals surface area contributed by atoms with Gasteiger partial charge in [0.25, 0.3) is 0 Å². The number of piperidine rings is 3. The smallest absolute Gasteiger partial charge is 0.0266 e. The van der Waals surface area contributed by atoms with E-state index in [1.54, 1.807) is 0 Å². The highest BCUT2D eigenvalue weighted by Gasteiger charge is 2.31. The van der Waals surface area contributed by atoms with Crippen LogP contribution in [0.15, 0.2) is 0 Å². The van der Waals surface area contributed by atoms with Gasteiger partial charge in [0.05, 0.1) is 0 Å². The van der Waals surface area contributed by atoms with Crippen LogP contribution in [-0.4, -0.2) is 28.5 Å². The van der Waals surface area contributed by atoms with Gasteiger partial charge in [-0.3, -0.25) is 0 Å². The monoisotopic (exact) mass is 237 g/mol. The van der Waals surface area contributed by atoms with Gasteiger partial charge in [0, 0.05) is 10.5 Å². The first-order chi connectivity index (χ1) is 4.36. The lowest BCUT2D eigenvalue weighted by atomic mass is 9.88. The summed E-state index contributed by atoms with van der Waals surface area (Å²) in [6.07, 6.45) is 2.93. The quantitative estimate of drug-likeness (QED) is 0.456. The number of fused-ring (bicyclic) bond motifs is 3. The predicted octanol–water partition coefficient (Wildman–Crippen LogP) is 1.52. The maximum absolute atomic E-state index is 2.61. The molecule has 1 unspecified atom stereocenters. The minimum absolute atomic E-state index is 0.963. The van der Waals surface area contributed by atoms with E-state index in [0.717, 1.165) is 9.84 Å². The molecule has 9 heavy (non-hydrogen) atoms. The molecule has 0 saturated carbocycles. The summed E-state index contributed by atoms with van der Waals surface area (Å²) >= 11 is 2.61. The van der Waals surface area contributed by atoms with Crippen molar-refractivity contribution in [3.05, 3.63) is 0 Å². The van der Waals surface area contributed by atoms with Crippen LogP contribution < -0.4 is 0 Å². The van der Waals surface area contributed by atoms with E-state index in [9.17, 15) is 0 Å². The summed E-state index contributed by atoms with van der Waals surface area (Å²) in [5.41, 5.74) is 0. The third-order valence-electron chi connectivity index (χ3n) is 2.58. The zero-order valence-electron chi connectivity index (χ0n) is 5.52. The summed E-state index contributed by atoms with van der Waals surface area (Å²) in [7, 11) is 0. The molecule has 3 aliphatic heterocycles. The Morgan fingerprint density at radius 2 is 1.89 bits per heavy atom. The molecule has 1 nitrogen and oxygen atoms in total. The average molecular weight is 237 g/mol. The van der Waals surface area contributed by atoms with Gasteiger partial charge in [0.2, 0.25) is 0 Å². The van der Waals surface area contributed by atoms with E-state index >= 15 is 0 Å². The van der Waals surface area contributed by atoms with Gasteiger partial charge in [-0.2, -0.15) is 0 Å². The van der Waals surface area contributed by atoms with E-state index in [0.29, 0.717) is 0 Å². The van der Waals surface area contributed by atoms with E-state index in [1.165, 1.54) is 32.5 Å². The molecule has 3 saturated heterocycles. The van der Waals surface area contributed by atoms with Crippen LogP contribution in [0.3, 0.4) is 0 Å². The Morgan fingerprint density at radius 3 is 2.11 bits per heavy atom. The Bertz CT molecular complexity index is 107. The van der Waals surface area contributed by atoms with Crippen LogP contribution in [0.25, 0.3) is 0 Å². The molecule has 3 rings (SSSR count). The maximum atomic E-state index is 2.61. The SMILES string of the molecule is IC1CN2CCC1CC2. The van der Waals surface area contributed by atoms with Gasteiger partial charge in [-0.25, -0.2) is 0 Å². The molecule has 2 heteroatoms. The van der Waals surface area contributed by atoms with Crippen molar-refractivity contribution in [2.45, 2.75) is 16.8 Å². The fraction of sp³-hybridized carbons (Fsp3) is 1.00. The largest absolute Gasteiger partial charge is 0.302 e. The van der Waals surface area contributed by atoms with E-state index in [1.807, 2.05) is 0 Å². The number of nitrogens with zero attached hydrogens (tertiary/aromatic N) is 1. The van der Waals surface area contributed by atoms with Crippen LogP contribution in [0.1, 0.15) is 12.8 Å². The highest BCUT2D eigenvalue weighted by atomic mass is 127. The molecule has 3 aliphatic rings. The van der Waals surface area contributed by atoms with Crippen LogP contribution in [0, 0.1) is 5.92 Å². The molecule has 0 amide bonds. The molecule has 0 aromatic rings. The molecule has 52 valence electrons. The molecule has 2 bridgehead atoms. The lowest BCUT2D eigenvalue weighted by molar-refractivity contribution is 0.123. The van der Waals surface area contributed by atoms with Gasteiger partial charge in [-0.15, -0.1) is 0 Å². The number of hydrogen-bond acceptors (Lipinski definition) is 1. The molecule has 0 radical (unpaired) electrons. The third kappa shape index (κ3) is 1.11. The summed E-state index contributed by atoms with van der Waals surface area (Å²) in [4.78, 5) is 2.59. The Hall–Kier alpha value is 0.690. The van der Waals surface area contributed by atoms with E-state index < -0.39 is 0 Å². The molecular weight excluding hydrogens is 225 g/mol. The molecule has 0 N–H and O–H groups in total. The van der Waals surface area contributed by atoms with Gasteiger partial charge in [-0.05, 0) is 31.8 Å². The van der Waals surface area contributed by atoms with Crippen LogP contribution in [-0.2, 0) is 0 Å². The number of rotatable bonds is 0. The zero-order valence-corrected chi connectivity index (χ0v) is 7.67. The Morgan fingerprint density at radius 1 is 1.22 bits per heavy atom. The number of halogens is 1. The van der Waals surface area contributed by atoms with Crippen molar-refractivity contribution >= 4 is 22.6 Å². The molecular formula is C7H12IN. The van der Waals surface area contributed by atoms with Crippen molar-refractivity contribution in [2.24, 2.45) is 5.92 Å². The van der Waals surface area contributed by atoms with Gasteiger partial charge >= 0.3 is 0 Å². The van der Waals surface area contributed by atoms with Crippen molar-refractivity contribution in [3.8, 4) is 0 Å². The highest BCUT2D eigenvalue weighted by molar-refractivity contribution is 14.1. The maximum Gasteiger partial charge on any atom is 0.0266 e. The summed E-state index contributed by atoms with van der Waals surface area (Å²) in [5, 5.41) is 0. The third-order valence-corrected chi connectivity index (χ3v) is 3.99. The highest BCUT2D eigenvalue weighted by Crippen LogP contribution is 2.31. The molecule has 0 aliphatic carbocycles. The summed E-state index contributed by atoms with van der Waals surface area (Å²) < 4.78 is 0.963. The second-order valence-electron chi connectivity index (χ2n) is 3.15. The van der Waals surface area contributed by atoms with E-state index in [2.05, 4.69) is 27.5 Å². The number of alkyl halides is 1. The normalized spacial score (nSPS) is 49.7. The molecule has 0 aromatic heterocycles. The van der Waals surface area contributed by atoms with Crippen LogP contribution in [0.2, 0.25) is 0 Å². The fourth-order valence-corrected chi connectivity index (χ4v) is 3.17. The second kappa shape index (κ2) is 2.38. The lowest BCUT2D eigenvalue weighted by Crippen LogP contribution is -2.47. The Kier molecular flexibility index (Phi) is 1.69. The summed E-state index contributed by atoms with van der Waals surface area (Å²) in [5.74, 6) is 1.07. The Labute approximate surface area is 69.9 Å². The van der Waals surface area contributed by atoms with Crippen molar-refractivity contribution in [2.75, 3.05) is 19.6 Å². The standard InChI is InChI=1S/C7H12IN/c8-7-5-9-3-1-6(7)2-4-9/h6-7H,1-5H2. The van der Waals surface area contributed by atoms with Gasteiger partial charge in [0.1, 0.15) is 0 Å². The van der Waals surface area contributed by atoms with E-state index in [4.69, 9.17) is 0 Å². The average Bonchev–Trinajstić information content (AvgIpc) is 1.90. The Balaban J connectivity index is 2.06. The van der Waals surface area contributed by atoms with Crippen molar-refractivity contribution in [1.29, 1.82) is 0 Å². The van der Waals surface area contributed by atoms with Crippen LogP contribution >= 0.6 is 22.6 Å². The molecule has 1 atom stereocenters. The zero-order chi connectivity index (χ0) is 6.27. The van der Waals surface area contributed by atoms with E-state index in [-0.39, 0.29) is 0 Å². The first-order valence-electron chi connectivity index (χ1n) is 3.72. The van der Waals surface area contributed by atoms with Crippen LogP contribution in [0.5, 0.6) is 0 Å². The van der Waals surface area contributed by atoms with Gasteiger partial charge in [0.15, 0.2) is 0 Å². The predicted molar refractivity (Wildman–Crippen MR) is 47.0 cm³/mol. The topological polar surface area (TPSA) is 3.24 Å². The molecule has 0 spiro atoms. The first kappa shape index (κ1) is 6.40. The fourth-order valence-electron chi connectivity index (χ4n) is 1.89. The molecule has 0 aromatic carbocycles. The molecule has 3 fully saturated rings. The molecule has 3 heterocycles. The number of hydrogen-bond donors (Lipinski definition) is 0. The summed E-state index contributed by atoms with van der Waals surface area (Å²) in [6, 6.07) is 0. The lowest BCUT2D eigenvalue weighted by Gasteiger charge is -2.42. The van der Waals surface area contributed by atoms with Crippen molar-refractivity contribution in [1.82, 2.24) is 4.90 Å². The first-order valence-corrected chi connectivity index (χ1v) is 4.97. The summed E-state index contributed by atoms with van der Waals surface area (Å²) in [6.45, 7) is 4.12.